The van der Waals surface area contributed by atoms with E-state index in [-0.39, 0.29) is 5.44 Å². The van der Waals surface area contributed by atoms with Gasteiger partial charge in [-0.05, 0) is 54.6 Å². The van der Waals surface area contributed by atoms with Gasteiger partial charge in [0.25, 0.3) is 0 Å². The summed E-state index contributed by atoms with van der Waals surface area (Å²) in [5, 5.41) is 5.87. The van der Waals surface area contributed by atoms with Crippen LogP contribution in [-0.4, -0.2) is 22.1 Å². The van der Waals surface area contributed by atoms with Gasteiger partial charge in [0.05, 0.1) is 17.7 Å². The van der Waals surface area contributed by atoms with E-state index in [1.807, 2.05) is 42.1 Å². The van der Waals surface area contributed by atoms with Crippen molar-refractivity contribution >= 4 is 34.3 Å². The van der Waals surface area contributed by atoms with Gasteiger partial charge in [0.1, 0.15) is 11.0 Å². The molecule has 1 fully saturated rings. The SMILES string of the molecule is Clc1ccc(-c2onc3ccc(-n4cccc4C4OCCS4)cc23)cc1. The zero-order valence-electron chi connectivity index (χ0n) is 13.8. The maximum Gasteiger partial charge on any atom is 0.174 e. The fourth-order valence-electron chi connectivity index (χ4n) is 3.24. The molecule has 3 heterocycles. The third-order valence-electron chi connectivity index (χ3n) is 4.49. The van der Waals surface area contributed by atoms with E-state index in [2.05, 4.69) is 40.2 Å². The molecule has 0 bridgehead atoms. The van der Waals surface area contributed by atoms with E-state index in [9.17, 15) is 0 Å². The number of hydrogen-bond acceptors (Lipinski definition) is 4. The van der Waals surface area contributed by atoms with Gasteiger partial charge in [0.15, 0.2) is 5.76 Å². The highest BCUT2D eigenvalue weighted by Crippen LogP contribution is 2.37. The smallest absolute Gasteiger partial charge is 0.174 e. The predicted molar refractivity (Wildman–Crippen MR) is 105 cm³/mol. The zero-order chi connectivity index (χ0) is 17.5. The summed E-state index contributed by atoms with van der Waals surface area (Å²) in [6, 6.07) is 17.9. The summed E-state index contributed by atoms with van der Waals surface area (Å²) in [7, 11) is 0. The van der Waals surface area contributed by atoms with Crippen LogP contribution in [0.5, 0.6) is 0 Å². The van der Waals surface area contributed by atoms with E-state index in [4.69, 9.17) is 20.9 Å². The van der Waals surface area contributed by atoms with Crippen molar-refractivity contribution in [3.8, 4) is 17.0 Å². The van der Waals surface area contributed by atoms with E-state index >= 15 is 0 Å². The van der Waals surface area contributed by atoms with Crippen LogP contribution in [0.3, 0.4) is 0 Å². The Kier molecular flexibility index (Phi) is 4.00. The van der Waals surface area contributed by atoms with Gasteiger partial charge < -0.3 is 13.8 Å². The predicted octanol–water partition coefficient (Wildman–Crippen LogP) is 5.70. The maximum absolute atomic E-state index is 6.00. The second kappa shape index (κ2) is 6.50. The van der Waals surface area contributed by atoms with Crippen LogP contribution in [0.25, 0.3) is 27.9 Å². The third-order valence-corrected chi connectivity index (χ3v) is 5.82. The number of aromatic nitrogens is 2. The Morgan fingerprint density at radius 2 is 2.00 bits per heavy atom. The number of benzene rings is 2. The fraction of sp³-hybridized carbons (Fsp3) is 0.150. The maximum atomic E-state index is 6.00. The van der Waals surface area contributed by atoms with Gasteiger partial charge in [-0.2, -0.15) is 0 Å². The largest absolute Gasteiger partial charge is 0.360 e. The van der Waals surface area contributed by atoms with Crippen molar-refractivity contribution in [1.82, 2.24) is 9.72 Å². The molecular weight excluding hydrogens is 368 g/mol. The second-order valence-electron chi connectivity index (χ2n) is 6.10. The summed E-state index contributed by atoms with van der Waals surface area (Å²) >= 11 is 7.83. The molecule has 1 saturated heterocycles. The Morgan fingerprint density at radius 1 is 1.12 bits per heavy atom. The molecule has 0 N–H and O–H groups in total. The van der Waals surface area contributed by atoms with Crippen LogP contribution in [0.15, 0.2) is 65.3 Å². The van der Waals surface area contributed by atoms with Gasteiger partial charge >= 0.3 is 0 Å². The first-order chi connectivity index (χ1) is 12.8. The Hall–Kier alpha value is -2.21. The van der Waals surface area contributed by atoms with Crippen molar-refractivity contribution in [2.75, 3.05) is 12.4 Å². The average Bonchev–Trinajstić information content (AvgIpc) is 3.41. The lowest BCUT2D eigenvalue weighted by molar-refractivity contribution is 0.141. The van der Waals surface area contributed by atoms with Gasteiger partial charge in [-0.1, -0.05) is 16.8 Å². The molecule has 2 aromatic heterocycles. The molecule has 1 aliphatic heterocycles. The first-order valence-electron chi connectivity index (χ1n) is 8.36. The van der Waals surface area contributed by atoms with Crippen molar-refractivity contribution in [3.05, 3.63) is 71.5 Å². The highest BCUT2D eigenvalue weighted by atomic mass is 35.5. The molecule has 1 aliphatic rings. The molecule has 1 atom stereocenters. The lowest BCUT2D eigenvalue weighted by Gasteiger charge is -2.14. The quantitative estimate of drug-likeness (QED) is 0.455. The molecule has 0 aliphatic carbocycles. The molecule has 2 aromatic carbocycles. The van der Waals surface area contributed by atoms with Gasteiger partial charge in [-0.25, -0.2) is 0 Å². The summed E-state index contributed by atoms with van der Waals surface area (Å²) in [5.41, 5.74) is 4.08. The highest BCUT2D eigenvalue weighted by molar-refractivity contribution is 7.99. The number of rotatable bonds is 3. The van der Waals surface area contributed by atoms with Gasteiger partial charge in [0.2, 0.25) is 0 Å². The Labute approximate surface area is 159 Å². The molecule has 130 valence electrons. The van der Waals surface area contributed by atoms with Crippen LogP contribution >= 0.6 is 23.4 Å². The molecule has 0 saturated carbocycles. The lowest BCUT2D eigenvalue weighted by Crippen LogP contribution is -2.02. The molecule has 6 heteroatoms. The first kappa shape index (κ1) is 16.0. The molecular formula is C20H15ClN2O2S. The molecule has 0 radical (unpaired) electrons. The average molecular weight is 383 g/mol. The van der Waals surface area contributed by atoms with Crippen molar-refractivity contribution in [2.45, 2.75) is 5.44 Å². The molecule has 0 spiro atoms. The van der Waals surface area contributed by atoms with Gasteiger partial charge in [-0.3, -0.25) is 0 Å². The number of thioether (sulfide) groups is 1. The fourth-order valence-corrected chi connectivity index (χ4v) is 4.33. The topological polar surface area (TPSA) is 40.2 Å². The number of fused-ring (bicyclic) bond motifs is 1. The summed E-state index contributed by atoms with van der Waals surface area (Å²) in [5.74, 6) is 1.78. The second-order valence-corrected chi connectivity index (χ2v) is 7.70. The van der Waals surface area contributed by atoms with Gasteiger partial charge in [0, 0.05) is 28.2 Å². The van der Waals surface area contributed by atoms with Gasteiger partial charge in [-0.15, -0.1) is 11.8 Å². The minimum atomic E-state index is 0.0823. The van der Waals surface area contributed by atoms with Crippen LogP contribution in [0.1, 0.15) is 11.1 Å². The summed E-state index contributed by atoms with van der Waals surface area (Å²) in [6.45, 7) is 0.798. The van der Waals surface area contributed by atoms with E-state index in [0.717, 1.165) is 46.0 Å². The monoisotopic (exact) mass is 382 g/mol. The van der Waals surface area contributed by atoms with Crippen molar-refractivity contribution in [2.24, 2.45) is 0 Å². The highest BCUT2D eigenvalue weighted by Gasteiger charge is 2.22. The Morgan fingerprint density at radius 3 is 2.81 bits per heavy atom. The third kappa shape index (κ3) is 2.72. The lowest BCUT2D eigenvalue weighted by atomic mass is 10.1. The molecule has 5 rings (SSSR count). The van der Waals surface area contributed by atoms with Crippen molar-refractivity contribution in [3.63, 3.8) is 0 Å². The Balaban J connectivity index is 1.61. The molecule has 26 heavy (non-hydrogen) atoms. The molecule has 0 amide bonds. The van der Waals surface area contributed by atoms with E-state index in [1.54, 1.807) is 0 Å². The summed E-state index contributed by atoms with van der Waals surface area (Å²) in [6.07, 6.45) is 2.06. The number of hydrogen-bond donors (Lipinski definition) is 0. The minimum absolute atomic E-state index is 0.0823. The van der Waals surface area contributed by atoms with Crippen molar-refractivity contribution in [1.29, 1.82) is 0 Å². The van der Waals surface area contributed by atoms with E-state index in [1.165, 1.54) is 0 Å². The Bertz CT molecular complexity index is 1070. The molecule has 4 aromatic rings. The van der Waals surface area contributed by atoms with E-state index in [0.29, 0.717) is 5.02 Å². The van der Waals surface area contributed by atoms with Crippen LogP contribution in [-0.2, 0) is 4.74 Å². The van der Waals surface area contributed by atoms with Crippen LogP contribution in [0.2, 0.25) is 5.02 Å². The number of nitrogens with zero attached hydrogens (tertiary/aromatic N) is 2. The standard InChI is InChI=1S/C20H15ClN2O2S/c21-14-5-3-13(4-6-14)19-16-12-15(7-8-17(16)22-25-19)23-9-1-2-18(23)20-24-10-11-26-20/h1-9,12,20H,10-11H2. The van der Waals surface area contributed by atoms with Crippen molar-refractivity contribution < 1.29 is 9.26 Å². The zero-order valence-corrected chi connectivity index (χ0v) is 15.3. The van der Waals surface area contributed by atoms with Crippen LogP contribution < -0.4 is 0 Å². The summed E-state index contributed by atoms with van der Waals surface area (Å²) < 4.78 is 13.6. The number of ether oxygens (including phenoxy) is 1. The van der Waals surface area contributed by atoms with Crippen LogP contribution in [0.4, 0.5) is 0 Å². The first-order valence-corrected chi connectivity index (χ1v) is 9.78. The number of halogens is 1. The minimum Gasteiger partial charge on any atom is -0.360 e. The normalized spacial score (nSPS) is 17.2. The van der Waals surface area contributed by atoms with E-state index < -0.39 is 0 Å². The molecule has 4 nitrogen and oxygen atoms in total. The molecule has 1 unspecified atom stereocenters. The summed E-state index contributed by atoms with van der Waals surface area (Å²) in [4.78, 5) is 0. The van der Waals surface area contributed by atoms with Crippen LogP contribution in [0, 0.1) is 0 Å².